The highest BCUT2D eigenvalue weighted by Crippen LogP contribution is 2.30. The number of fused-ring (bicyclic) bond motifs is 2. The van der Waals surface area contributed by atoms with Crippen LogP contribution in [0.1, 0.15) is 52.0 Å². The molecule has 2 bridgehead atoms. The van der Waals surface area contributed by atoms with Crippen molar-refractivity contribution in [3.8, 4) is 0 Å². The van der Waals surface area contributed by atoms with Gasteiger partial charge in [-0.05, 0) is 52.0 Å². The molecule has 3 heterocycles. The number of rotatable bonds is 5. The molecule has 35 heavy (non-hydrogen) atoms. The minimum Gasteiger partial charge on any atom is -0.444 e. The molecule has 190 valence electrons. The van der Waals surface area contributed by atoms with Gasteiger partial charge in [-0.1, -0.05) is 30.3 Å². The number of ether oxygens (including phenoxy) is 1. The number of hydrogen-bond acceptors (Lipinski definition) is 6. The number of amides is 5. The van der Waals surface area contributed by atoms with Gasteiger partial charge < -0.3 is 9.64 Å². The van der Waals surface area contributed by atoms with Crippen LogP contribution in [0, 0.1) is 0 Å². The van der Waals surface area contributed by atoms with Crippen LogP contribution < -0.4 is 10.9 Å². The molecule has 2 N–H and O–H groups in total. The molecule has 1 aromatic rings. The highest BCUT2D eigenvalue weighted by atomic mass is 16.7. The summed E-state index contributed by atoms with van der Waals surface area (Å²) < 4.78 is 5.38. The molecule has 5 amide bonds. The number of carbonyl (C=O) groups is 4. The van der Waals surface area contributed by atoms with Gasteiger partial charge in [0.2, 0.25) is 0 Å². The highest BCUT2D eigenvalue weighted by molar-refractivity contribution is 5.91. The van der Waals surface area contributed by atoms with E-state index in [4.69, 9.17) is 9.57 Å². The molecule has 11 heteroatoms. The smallest absolute Gasteiger partial charge is 0.410 e. The Bertz CT molecular complexity index is 965. The maximum Gasteiger partial charge on any atom is 0.410 e. The molecule has 0 aromatic heterocycles. The molecule has 0 spiro atoms. The minimum absolute atomic E-state index is 0.120. The number of nitrogens with zero attached hydrogens (tertiary/aromatic N) is 3. The lowest BCUT2D eigenvalue weighted by Crippen LogP contribution is -2.57. The lowest BCUT2D eigenvalue weighted by atomic mass is 10.0. The van der Waals surface area contributed by atoms with Crippen molar-refractivity contribution < 1.29 is 28.8 Å². The van der Waals surface area contributed by atoms with E-state index >= 15 is 0 Å². The molecule has 3 atom stereocenters. The summed E-state index contributed by atoms with van der Waals surface area (Å²) in [6, 6.07) is 7.63. The van der Waals surface area contributed by atoms with Gasteiger partial charge in [0.15, 0.2) is 0 Å². The Morgan fingerprint density at radius 3 is 2.37 bits per heavy atom. The summed E-state index contributed by atoms with van der Waals surface area (Å²) in [4.78, 5) is 59.5. The normalized spacial score (nSPS) is 23.9. The average Bonchev–Trinajstić information content (AvgIpc) is 3.40. The number of hydrogen-bond donors (Lipinski definition) is 2. The van der Waals surface area contributed by atoms with E-state index in [-0.39, 0.29) is 18.7 Å². The number of piperidine rings is 1. The first kappa shape index (κ1) is 24.8. The van der Waals surface area contributed by atoms with E-state index in [2.05, 4.69) is 10.9 Å². The van der Waals surface area contributed by atoms with E-state index in [1.54, 1.807) is 20.8 Å². The molecule has 3 aliphatic rings. The largest absolute Gasteiger partial charge is 0.444 e. The summed E-state index contributed by atoms with van der Waals surface area (Å²) in [5, 5.41) is 1.36. The van der Waals surface area contributed by atoms with E-state index in [0.29, 0.717) is 38.8 Å². The molecule has 1 aromatic carbocycles. The summed E-state index contributed by atoms with van der Waals surface area (Å²) in [7, 11) is 0. The summed E-state index contributed by atoms with van der Waals surface area (Å²) in [6.45, 7) is 6.34. The first-order valence-electron chi connectivity index (χ1n) is 12.0. The standard InChI is InChI=1S/C24H33N5O6/c1-24(2,3)35-23(33)27-13-7-10-18(27)20(30)25-26-21(31)19-12-11-17-14-28(19)22(32)29(17)34-15-16-8-5-4-6-9-16/h4-6,8-9,17-19H,7,10-15H2,1-3H3,(H,25,30)(H,26,31). The predicted octanol–water partition coefficient (Wildman–Crippen LogP) is 1.93. The number of hydrazine groups is 1. The summed E-state index contributed by atoms with van der Waals surface area (Å²) in [5.41, 5.74) is 5.15. The third-order valence-electron chi connectivity index (χ3n) is 6.33. The zero-order valence-electron chi connectivity index (χ0n) is 20.4. The Labute approximate surface area is 204 Å². The fraction of sp³-hybridized carbons (Fsp3) is 0.583. The molecule has 3 aliphatic heterocycles. The number of benzene rings is 1. The van der Waals surface area contributed by atoms with Gasteiger partial charge in [0.25, 0.3) is 11.8 Å². The van der Waals surface area contributed by atoms with Gasteiger partial charge in [-0.15, -0.1) is 0 Å². The lowest BCUT2D eigenvalue weighted by molar-refractivity contribution is -0.140. The van der Waals surface area contributed by atoms with Crippen molar-refractivity contribution >= 4 is 23.9 Å². The van der Waals surface area contributed by atoms with Crippen LogP contribution in [0.2, 0.25) is 0 Å². The summed E-state index contributed by atoms with van der Waals surface area (Å²) in [5.74, 6) is -0.965. The molecular formula is C24H33N5O6. The minimum atomic E-state index is -0.726. The Kier molecular flexibility index (Phi) is 7.15. The highest BCUT2D eigenvalue weighted by Gasteiger charge is 2.48. The third kappa shape index (κ3) is 5.67. The van der Waals surface area contributed by atoms with Gasteiger partial charge in [-0.2, -0.15) is 5.06 Å². The Morgan fingerprint density at radius 2 is 1.69 bits per heavy atom. The topological polar surface area (TPSA) is 121 Å². The molecule has 3 saturated heterocycles. The van der Waals surface area contributed by atoms with E-state index in [0.717, 1.165) is 5.56 Å². The third-order valence-corrected chi connectivity index (χ3v) is 6.33. The van der Waals surface area contributed by atoms with E-state index in [1.165, 1.54) is 14.9 Å². The van der Waals surface area contributed by atoms with Gasteiger partial charge in [0.05, 0.1) is 6.04 Å². The average molecular weight is 488 g/mol. The monoisotopic (exact) mass is 487 g/mol. The second-order valence-corrected chi connectivity index (χ2v) is 10.1. The van der Waals surface area contributed by atoms with E-state index in [1.807, 2.05) is 30.3 Å². The van der Waals surface area contributed by atoms with Gasteiger partial charge in [0, 0.05) is 13.1 Å². The van der Waals surface area contributed by atoms with Crippen molar-refractivity contribution in [3.05, 3.63) is 35.9 Å². The van der Waals surface area contributed by atoms with Gasteiger partial charge in [-0.25, -0.2) is 9.59 Å². The quantitative estimate of drug-likeness (QED) is 0.613. The maximum atomic E-state index is 12.9. The Balaban J connectivity index is 1.29. The van der Waals surface area contributed by atoms with Crippen molar-refractivity contribution in [2.75, 3.05) is 13.1 Å². The van der Waals surface area contributed by atoms with Crippen LogP contribution in [-0.4, -0.2) is 75.6 Å². The van der Waals surface area contributed by atoms with Crippen LogP contribution >= 0.6 is 0 Å². The SMILES string of the molecule is CC(C)(C)OC(=O)N1CCCC1C(=O)NNC(=O)C1CCC2CN1C(=O)N2OCc1ccccc1. The fourth-order valence-electron chi connectivity index (χ4n) is 4.66. The first-order chi connectivity index (χ1) is 16.6. The molecule has 4 rings (SSSR count). The Morgan fingerprint density at radius 1 is 1.00 bits per heavy atom. The van der Waals surface area contributed by atoms with Gasteiger partial charge in [0.1, 0.15) is 24.3 Å². The number of hydroxylamine groups is 2. The van der Waals surface area contributed by atoms with Gasteiger partial charge >= 0.3 is 12.1 Å². The number of nitrogens with one attached hydrogen (secondary N) is 2. The zero-order valence-corrected chi connectivity index (χ0v) is 20.4. The van der Waals surface area contributed by atoms with Crippen LogP contribution in [0.3, 0.4) is 0 Å². The van der Waals surface area contributed by atoms with Crippen LogP contribution in [0.25, 0.3) is 0 Å². The second kappa shape index (κ2) is 10.1. The van der Waals surface area contributed by atoms with Gasteiger partial charge in [-0.3, -0.25) is 30.2 Å². The zero-order chi connectivity index (χ0) is 25.2. The van der Waals surface area contributed by atoms with Crippen LogP contribution in [0.5, 0.6) is 0 Å². The molecule has 3 unspecified atom stereocenters. The summed E-state index contributed by atoms with van der Waals surface area (Å²) >= 11 is 0. The van der Waals surface area contributed by atoms with Crippen molar-refractivity contribution in [2.45, 2.75) is 76.8 Å². The molecule has 3 fully saturated rings. The lowest BCUT2D eigenvalue weighted by Gasteiger charge is -2.30. The van der Waals surface area contributed by atoms with Crippen molar-refractivity contribution in [3.63, 3.8) is 0 Å². The van der Waals surface area contributed by atoms with E-state index < -0.39 is 35.6 Å². The van der Waals surface area contributed by atoms with Crippen LogP contribution in [0.4, 0.5) is 9.59 Å². The van der Waals surface area contributed by atoms with Crippen molar-refractivity contribution in [2.24, 2.45) is 0 Å². The number of carbonyl (C=O) groups excluding carboxylic acids is 4. The number of likely N-dealkylation sites (tertiary alicyclic amines) is 1. The Hall–Kier alpha value is -3.34. The molecule has 0 aliphatic carbocycles. The molecular weight excluding hydrogens is 454 g/mol. The predicted molar refractivity (Wildman–Crippen MR) is 124 cm³/mol. The van der Waals surface area contributed by atoms with Crippen molar-refractivity contribution in [1.29, 1.82) is 0 Å². The molecule has 0 radical (unpaired) electrons. The van der Waals surface area contributed by atoms with Crippen molar-refractivity contribution in [1.82, 2.24) is 25.7 Å². The maximum absolute atomic E-state index is 12.9. The molecule has 0 saturated carbocycles. The summed E-state index contributed by atoms with van der Waals surface area (Å²) in [6.07, 6.45) is 1.65. The molecule has 11 nitrogen and oxygen atoms in total. The number of urea groups is 1. The van der Waals surface area contributed by atoms with Crippen LogP contribution in [0.15, 0.2) is 30.3 Å². The van der Waals surface area contributed by atoms with E-state index in [9.17, 15) is 19.2 Å². The fourth-order valence-corrected chi connectivity index (χ4v) is 4.66. The van der Waals surface area contributed by atoms with Crippen LogP contribution in [-0.2, 0) is 25.8 Å². The second-order valence-electron chi connectivity index (χ2n) is 10.1. The first-order valence-corrected chi connectivity index (χ1v) is 12.0.